The van der Waals surface area contributed by atoms with Gasteiger partial charge >= 0.3 is 0 Å². The lowest BCUT2D eigenvalue weighted by molar-refractivity contribution is 0.835. The minimum atomic E-state index is 0.822. The standard InChI is InChI=1S/C22H16N2/c1-3-9-18-16(7-1)13-17-8-2-4-10-19(17)20(18)14-24-15-23-21-11-5-6-12-22(21)24/h1-13,15H,14H2. The molecule has 1 heterocycles. The molecule has 0 bridgehead atoms. The van der Waals surface area contributed by atoms with E-state index in [1.54, 1.807) is 0 Å². The molecule has 5 rings (SSSR count). The summed E-state index contributed by atoms with van der Waals surface area (Å²) in [4.78, 5) is 4.54. The average molecular weight is 308 g/mol. The van der Waals surface area contributed by atoms with Gasteiger partial charge in [0, 0.05) is 0 Å². The number of aromatic nitrogens is 2. The van der Waals surface area contributed by atoms with Crippen LogP contribution in [-0.2, 0) is 6.54 Å². The predicted octanol–water partition coefficient (Wildman–Crippen LogP) is 5.39. The maximum absolute atomic E-state index is 4.54. The Kier molecular flexibility index (Phi) is 2.89. The molecular weight excluding hydrogens is 292 g/mol. The Morgan fingerprint density at radius 2 is 1.33 bits per heavy atom. The molecule has 2 nitrogen and oxygen atoms in total. The Balaban J connectivity index is 1.80. The van der Waals surface area contributed by atoms with E-state index in [1.165, 1.54) is 32.6 Å². The van der Waals surface area contributed by atoms with Crippen LogP contribution in [0, 0.1) is 0 Å². The quantitative estimate of drug-likeness (QED) is 0.400. The molecule has 2 heteroatoms. The van der Waals surface area contributed by atoms with Crippen molar-refractivity contribution < 1.29 is 0 Å². The smallest absolute Gasteiger partial charge is 0.0961 e. The van der Waals surface area contributed by atoms with Gasteiger partial charge < -0.3 is 4.57 Å². The van der Waals surface area contributed by atoms with E-state index in [-0.39, 0.29) is 0 Å². The van der Waals surface area contributed by atoms with Crippen molar-refractivity contribution in [3.05, 3.63) is 90.8 Å². The van der Waals surface area contributed by atoms with Gasteiger partial charge in [-0.3, -0.25) is 0 Å². The van der Waals surface area contributed by atoms with Crippen molar-refractivity contribution in [3.8, 4) is 0 Å². The van der Waals surface area contributed by atoms with Crippen molar-refractivity contribution in [1.29, 1.82) is 0 Å². The van der Waals surface area contributed by atoms with Crippen molar-refractivity contribution in [3.63, 3.8) is 0 Å². The lowest BCUT2D eigenvalue weighted by Crippen LogP contribution is -2.00. The highest BCUT2D eigenvalue weighted by atomic mass is 15.0. The largest absolute Gasteiger partial charge is 0.326 e. The van der Waals surface area contributed by atoms with Gasteiger partial charge in [-0.2, -0.15) is 0 Å². The van der Waals surface area contributed by atoms with Crippen LogP contribution in [0.3, 0.4) is 0 Å². The molecule has 0 saturated carbocycles. The summed E-state index contributed by atoms with van der Waals surface area (Å²) in [5.41, 5.74) is 3.57. The summed E-state index contributed by atoms with van der Waals surface area (Å²) >= 11 is 0. The van der Waals surface area contributed by atoms with Gasteiger partial charge in [0.1, 0.15) is 0 Å². The van der Waals surface area contributed by atoms with Gasteiger partial charge in [-0.25, -0.2) is 4.98 Å². The Hall–Kier alpha value is -3.13. The third kappa shape index (κ3) is 2.00. The third-order valence-electron chi connectivity index (χ3n) is 4.74. The second kappa shape index (κ2) is 5.20. The number of hydrogen-bond acceptors (Lipinski definition) is 1. The highest BCUT2D eigenvalue weighted by Gasteiger charge is 2.09. The van der Waals surface area contributed by atoms with E-state index < -0.39 is 0 Å². The second-order valence-corrected chi connectivity index (χ2v) is 6.16. The molecule has 0 unspecified atom stereocenters. The van der Waals surface area contributed by atoms with Gasteiger partial charge in [0.05, 0.1) is 23.9 Å². The van der Waals surface area contributed by atoms with E-state index in [1.807, 2.05) is 12.4 Å². The maximum atomic E-state index is 4.54. The number of benzene rings is 4. The number of imidazole rings is 1. The maximum Gasteiger partial charge on any atom is 0.0961 e. The predicted molar refractivity (Wildman–Crippen MR) is 100 cm³/mol. The first-order valence-electron chi connectivity index (χ1n) is 8.19. The lowest BCUT2D eigenvalue weighted by Gasteiger charge is -2.13. The number of hydrogen-bond donors (Lipinski definition) is 0. The first-order chi connectivity index (χ1) is 11.9. The molecule has 0 aliphatic carbocycles. The molecule has 0 spiro atoms. The SMILES string of the molecule is c1ccc2c(Cn3cnc4ccccc43)c3ccccc3cc2c1. The van der Waals surface area contributed by atoms with E-state index in [0.717, 1.165) is 12.1 Å². The summed E-state index contributed by atoms with van der Waals surface area (Å²) in [6.45, 7) is 0.822. The summed E-state index contributed by atoms with van der Waals surface area (Å²) < 4.78 is 2.24. The van der Waals surface area contributed by atoms with Crippen molar-refractivity contribution in [2.24, 2.45) is 0 Å². The van der Waals surface area contributed by atoms with Crippen LogP contribution in [0.15, 0.2) is 85.2 Å². The number of nitrogens with zero attached hydrogens (tertiary/aromatic N) is 2. The molecule has 0 aliphatic heterocycles. The molecular formula is C22H16N2. The zero-order chi connectivity index (χ0) is 15.9. The molecule has 0 aliphatic rings. The highest BCUT2D eigenvalue weighted by Crippen LogP contribution is 2.29. The van der Waals surface area contributed by atoms with Crippen LogP contribution in [0.1, 0.15) is 5.56 Å². The molecule has 0 N–H and O–H groups in total. The summed E-state index contributed by atoms with van der Waals surface area (Å²) in [5.74, 6) is 0. The molecule has 0 amide bonds. The minimum Gasteiger partial charge on any atom is -0.326 e. The lowest BCUT2D eigenvalue weighted by atomic mass is 9.96. The fourth-order valence-corrected chi connectivity index (χ4v) is 3.58. The van der Waals surface area contributed by atoms with Crippen LogP contribution < -0.4 is 0 Å². The normalized spacial score (nSPS) is 11.5. The van der Waals surface area contributed by atoms with Crippen molar-refractivity contribution >= 4 is 32.6 Å². The monoisotopic (exact) mass is 308 g/mol. The van der Waals surface area contributed by atoms with E-state index in [2.05, 4.69) is 82.3 Å². The number of fused-ring (bicyclic) bond motifs is 3. The van der Waals surface area contributed by atoms with Crippen LogP contribution in [0.4, 0.5) is 0 Å². The van der Waals surface area contributed by atoms with Crippen molar-refractivity contribution in [2.75, 3.05) is 0 Å². The molecule has 0 saturated heterocycles. The third-order valence-corrected chi connectivity index (χ3v) is 4.74. The highest BCUT2D eigenvalue weighted by molar-refractivity contribution is 6.02. The molecule has 0 atom stereocenters. The molecule has 1 aromatic heterocycles. The molecule has 0 radical (unpaired) electrons. The Morgan fingerprint density at radius 3 is 2.08 bits per heavy atom. The molecule has 5 aromatic rings. The molecule has 4 aromatic carbocycles. The number of para-hydroxylation sites is 2. The van der Waals surface area contributed by atoms with E-state index >= 15 is 0 Å². The summed E-state index contributed by atoms with van der Waals surface area (Å²) in [5, 5.41) is 5.20. The van der Waals surface area contributed by atoms with Crippen LogP contribution >= 0.6 is 0 Å². The summed E-state index contributed by atoms with van der Waals surface area (Å²) in [6, 6.07) is 27.8. The van der Waals surface area contributed by atoms with Gasteiger partial charge in [-0.05, 0) is 45.3 Å². The molecule has 24 heavy (non-hydrogen) atoms. The summed E-state index contributed by atoms with van der Waals surface area (Å²) in [6.07, 6.45) is 1.95. The molecule has 114 valence electrons. The van der Waals surface area contributed by atoms with Crippen LogP contribution in [-0.4, -0.2) is 9.55 Å². The Bertz CT molecular complexity index is 1130. The van der Waals surface area contributed by atoms with Gasteiger partial charge in [0.15, 0.2) is 0 Å². The summed E-state index contributed by atoms with van der Waals surface area (Å²) in [7, 11) is 0. The first-order valence-corrected chi connectivity index (χ1v) is 8.19. The van der Waals surface area contributed by atoms with Gasteiger partial charge in [-0.1, -0.05) is 60.7 Å². The van der Waals surface area contributed by atoms with Crippen LogP contribution in [0.25, 0.3) is 32.6 Å². The second-order valence-electron chi connectivity index (χ2n) is 6.16. The number of rotatable bonds is 2. The van der Waals surface area contributed by atoms with Gasteiger partial charge in [-0.15, -0.1) is 0 Å². The Labute approximate surface area is 140 Å². The zero-order valence-electron chi connectivity index (χ0n) is 13.2. The van der Waals surface area contributed by atoms with Crippen LogP contribution in [0.5, 0.6) is 0 Å². The van der Waals surface area contributed by atoms with Gasteiger partial charge in [0.2, 0.25) is 0 Å². The minimum absolute atomic E-state index is 0.822. The van der Waals surface area contributed by atoms with Crippen molar-refractivity contribution in [1.82, 2.24) is 9.55 Å². The fraction of sp³-hybridized carbons (Fsp3) is 0.0455. The van der Waals surface area contributed by atoms with Gasteiger partial charge in [0.25, 0.3) is 0 Å². The van der Waals surface area contributed by atoms with Crippen LogP contribution in [0.2, 0.25) is 0 Å². The van der Waals surface area contributed by atoms with E-state index in [9.17, 15) is 0 Å². The van der Waals surface area contributed by atoms with Crippen molar-refractivity contribution in [2.45, 2.75) is 6.54 Å². The Morgan fingerprint density at radius 1 is 0.708 bits per heavy atom. The van der Waals surface area contributed by atoms with E-state index in [4.69, 9.17) is 0 Å². The molecule has 0 fully saturated rings. The first kappa shape index (κ1) is 13.3. The average Bonchev–Trinajstić information content (AvgIpc) is 3.05. The van der Waals surface area contributed by atoms with E-state index in [0.29, 0.717) is 0 Å². The topological polar surface area (TPSA) is 17.8 Å². The fourth-order valence-electron chi connectivity index (χ4n) is 3.58. The zero-order valence-corrected chi connectivity index (χ0v) is 13.2.